The minimum atomic E-state index is 0.167. The van der Waals surface area contributed by atoms with Gasteiger partial charge in [0.15, 0.2) is 0 Å². The van der Waals surface area contributed by atoms with Gasteiger partial charge < -0.3 is 9.69 Å². The number of amidine groups is 1. The molecule has 1 fully saturated rings. The van der Waals surface area contributed by atoms with Crippen LogP contribution >= 0.6 is 0 Å². The molecule has 1 unspecified atom stereocenters. The van der Waals surface area contributed by atoms with Crippen LogP contribution in [0.3, 0.4) is 0 Å². The third kappa shape index (κ3) is 1.35. The molecular formula is C7H12N2O. The maximum absolute atomic E-state index is 10.3. The molecule has 1 rings (SSSR count). The summed E-state index contributed by atoms with van der Waals surface area (Å²) >= 11 is 0. The second kappa shape index (κ2) is 2.82. The number of hydrogen-bond acceptors (Lipinski definition) is 2. The zero-order valence-corrected chi connectivity index (χ0v) is 6.13. The van der Waals surface area contributed by atoms with Gasteiger partial charge in [-0.15, -0.1) is 0 Å². The van der Waals surface area contributed by atoms with Gasteiger partial charge in [-0.25, -0.2) is 0 Å². The summed E-state index contributed by atoms with van der Waals surface area (Å²) < 4.78 is 0. The molecule has 0 aliphatic carbocycles. The Bertz CT molecular complexity index is 156. The summed E-state index contributed by atoms with van der Waals surface area (Å²) in [7, 11) is 0. The Morgan fingerprint density at radius 1 is 1.80 bits per heavy atom. The van der Waals surface area contributed by atoms with Crippen LogP contribution in [-0.4, -0.2) is 30.1 Å². The minimum absolute atomic E-state index is 0.167. The minimum Gasteiger partial charge on any atom is -0.360 e. The van der Waals surface area contributed by atoms with Crippen molar-refractivity contribution in [1.82, 2.24) is 4.90 Å². The highest BCUT2D eigenvalue weighted by atomic mass is 16.1. The molecular weight excluding hydrogens is 128 g/mol. The Balaban J connectivity index is 2.42. The average Bonchev–Trinajstić information content (AvgIpc) is 2.34. The molecule has 1 heterocycles. The third-order valence-corrected chi connectivity index (χ3v) is 1.89. The van der Waals surface area contributed by atoms with Gasteiger partial charge in [0.25, 0.3) is 0 Å². The Morgan fingerprint density at radius 2 is 2.50 bits per heavy atom. The van der Waals surface area contributed by atoms with Gasteiger partial charge in [-0.2, -0.15) is 0 Å². The fourth-order valence-electron chi connectivity index (χ4n) is 1.20. The van der Waals surface area contributed by atoms with Crippen LogP contribution in [0.15, 0.2) is 0 Å². The van der Waals surface area contributed by atoms with E-state index in [1.165, 1.54) is 0 Å². The van der Waals surface area contributed by atoms with Crippen molar-refractivity contribution in [2.24, 2.45) is 5.92 Å². The molecule has 56 valence electrons. The Morgan fingerprint density at radius 3 is 2.80 bits per heavy atom. The van der Waals surface area contributed by atoms with Gasteiger partial charge in [-0.3, -0.25) is 5.41 Å². The molecule has 0 amide bonds. The Kier molecular flexibility index (Phi) is 2.04. The first-order valence-electron chi connectivity index (χ1n) is 3.49. The Labute approximate surface area is 60.5 Å². The first kappa shape index (κ1) is 7.25. The number of carbonyl (C=O) groups is 1. The van der Waals surface area contributed by atoms with Crippen molar-refractivity contribution < 1.29 is 4.79 Å². The predicted octanol–water partition coefficient (Wildman–Crippen LogP) is 0.504. The molecule has 10 heavy (non-hydrogen) atoms. The fraction of sp³-hybridized carbons (Fsp3) is 0.714. The van der Waals surface area contributed by atoms with Gasteiger partial charge in [0.2, 0.25) is 0 Å². The molecule has 0 aromatic rings. The van der Waals surface area contributed by atoms with E-state index < -0.39 is 0 Å². The van der Waals surface area contributed by atoms with Crippen molar-refractivity contribution in [3.05, 3.63) is 0 Å². The third-order valence-electron chi connectivity index (χ3n) is 1.89. The molecule has 1 aliphatic heterocycles. The van der Waals surface area contributed by atoms with Crippen LogP contribution in [0.4, 0.5) is 0 Å². The second-order valence-electron chi connectivity index (χ2n) is 2.72. The number of likely N-dealkylation sites (tertiary alicyclic amines) is 1. The quantitative estimate of drug-likeness (QED) is 0.327. The number of hydrogen-bond donors (Lipinski definition) is 1. The van der Waals surface area contributed by atoms with E-state index in [0.29, 0.717) is 5.84 Å². The van der Waals surface area contributed by atoms with Crippen molar-refractivity contribution in [2.45, 2.75) is 13.3 Å². The summed E-state index contributed by atoms with van der Waals surface area (Å²) in [6.45, 7) is 3.38. The summed E-state index contributed by atoms with van der Waals surface area (Å²) in [6, 6.07) is 0. The van der Waals surface area contributed by atoms with E-state index in [0.717, 1.165) is 25.8 Å². The van der Waals surface area contributed by atoms with Crippen molar-refractivity contribution in [1.29, 1.82) is 5.41 Å². The van der Waals surface area contributed by atoms with Gasteiger partial charge in [0.1, 0.15) is 6.29 Å². The van der Waals surface area contributed by atoms with E-state index in [-0.39, 0.29) is 5.92 Å². The van der Waals surface area contributed by atoms with E-state index in [9.17, 15) is 4.79 Å². The lowest BCUT2D eigenvalue weighted by Crippen LogP contribution is -2.25. The fourth-order valence-corrected chi connectivity index (χ4v) is 1.20. The van der Waals surface area contributed by atoms with Crippen molar-refractivity contribution in [3.63, 3.8) is 0 Å². The van der Waals surface area contributed by atoms with Gasteiger partial charge in [0, 0.05) is 19.0 Å². The molecule has 0 radical (unpaired) electrons. The van der Waals surface area contributed by atoms with Crippen LogP contribution in [0.2, 0.25) is 0 Å². The largest absolute Gasteiger partial charge is 0.360 e. The van der Waals surface area contributed by atoms with Crippen molar-refractivity contribution in [3.8, 4) is 0 Å². The summed E-state index contributed by atoms with van der Waals surface area (Å²) in [4.78, 5) is 12.2. The van der Waals surface area contributed by atoms with Gasteiger partial charge in [0.05, 0.1) is 5.84 Å². The first-order chi connectivity index (χ1) is 4.74. The number of rotatable bonds is 1. The van der Waals surface area contributed by atoms with E-state index in [4.69, 9.17) is 5.41 Å². The van der Waals surface area contributed by atoms with E-state index in [2.05, 4.69) is 0 Å². The van der Waals surface area contributed by atoms with Crippen molar-refractivity contribution >= 4 is 12.1 Å². The lowest BCUT2D eigenvalue weighted by Gasteiger charge is -2.14. The number of nitrogens with one attached hydrogen (secondary N) is 1. The number of aldehydes is 1. The molecule has 0 bridgehead atoms. The van der Waals surface area contributed by atoms with Gasteiger partial charge >= 0.3 is 0 Å². The van der Waals surface area contributed by atoms with E-state index in [1.54, 1.807) is 6.92 Å². The van der Waals surface area contributed by atoms with Gasteiger partial charge in [-0.1, -0.05) is 0 Å². The van der Waals surface area contributed by atoms with Crippen molar-refractivity contribution in [2.75, 3.05) is 13.1 Å². The number of nitrogens with zero attached hydrogens (tertiary/aromatic N) is 1. The van der Waals surface area contributed by atoms with E-state index >= 15 is 0 Å². The lowest BCUT2D eigenvalue weighted by molar-refractivity contribution is -0.110. The van der Waals surface area contributed by atoms with Gasteiger partial charge in [-0.05, 0) is 13.3 Å². The standard InChI is InChI=1S/C7H12N2O/c1-6(8)9-3-2-7(4-9)5-10/h5,7-8H,2-4H2,1H3. The molecule has 3 heteroatoms. The Hall–Kier alpha value is -0.860. The van der Waals surface area contributed by atoms with Crippen LogP contribution in [0, 0.1) is 11.3 Å². The summed E-state index contributed by atoms with van der Waals surface area (Å²) in [5.41, 5.74) is 0. The summed E-state index contributed by atoms with van der Waals surface area (Å²) in [5, 5.41) is 7.27. The number of carbonyl (C=O) groups excluding carboxylic acids is 1. The topological polar surface area (TPSA) is 44.2 Å². The SMILES string of the molecule is CC(=N)N1CCC(C=O)C1. The average molecular weight is 140 g/mol. The smallest absolute Gasteiger partial charge is 0.124 e. The molecule has 3 nitrogen and oxygen atoms in total. The lowest BCUT2D eigenvalue weighted by atomic mass is 10.1. The normalized spacial score (nSPS) is 24.9. The molecule has 1 saturated heterocycles. The molecule has 1 atom stereocenters. The maximum atomic E-state index is 10.3. The molecule has 0 saturated carbocycles. The maximum Gasteiger partial charge on any atom is 0.124 e. The zero-order valence-electron chi connectivity index (χ0n) is 6.13. The summed E-state index contributed by atoms with van der Waals surface area (Å²) in [5.74, 6) is 0.740. The zero-order chi connectivity index (χ0) is 7.56. The summed E-state index contributed by atoms with van der Waals surface area (Å²) in [6.07, 6.45) is 1.91. The van der Waals surface area contributed by atoms with Crippen LogP contribution in [-0.2, 0) is 4.79 Å². The molecule has 0 aromatic heterocycles. The van der Waals surface area contributed by atoms with E-state index in [1.807, 2.05) is 4.90 Å². The molecule has 1 aliphatic rings. The van der Waals surface area contributed by atoms with Crippen LogP contribution < -0.4 is 0 Å². The highest BCUT2D eigenvalue weighted by molar-refractivity contribution is 5.77. The van der Waals surface area contributed by atoms with Crippen LogP contribution in [0.1, 0.15) is 13.3 Å². The molecule has 0 spiro atoms. The second-order valence-corrected chi connectivity index (χ2v) is 2.72. The molecule has 0 aromatic carbocycles. The highest BCUT2D eigenvalue weighted by Gasteiger charge is 2.21. The van der Waals surface area contributed by atoms with Crippen LogP contribution in [0.25, 0.3) is 0 Å². The highest BCUT2D eigenvalue weighted by Crippen LogP contribution is 2.13. The first-order valence-corrected chi connectivity index (χ1v) is 3.49. The van der Waals surface area contributed by atoms with Crippen LogP contribution in [0.5, 0.6) is 0 Å². The predicted molar refractivity (Wildman–Crippen MR) is 39.1 cm³/mol. The molecule has 1 N–H and O–H groups in total. The monoisotopic (exact) mass is 140 g/mol.